The molecule has 91 heavy (non-hydrogen) atoms. The number of phosphoric acid groups is 2. The lowest BCUT2D eigenvalue weighted by molar-refractivity contribution is -0.161. The van der Waals surface area contributed by atoms with Gasteiger partial charge in [-0.15, -0.1) is 0 Å². The fourth-order valence-corrected chi connectivity index (χ4v) is 12.6. The van der Waals surface area contributed by atoms with Crippen LogP contribution in [-0.2, 0) is 65.4 Å². The normalized spacial score (nSPS) is 14.0. The highest BCUT2D eigenvalue weighted by Gasteiger charge is 2.30. The minimum absolute atomic E-state index is 0.107. The van der Waals surface area contributed by atoms with Crippen LogP contribution in [0.1, 0.15) is 375 Å². The van der Waals surface area contributed by atoms with E-state index in [9.17, 15) is 43.2 Å². The van der Waals surface area contributed by atoms with Gasteiger partial charge in [0.25, 0.3) is 0 Å². The van der Waals surface area contributed by atoms with Gasteiger partial charge in [0.2, 0.25) is 0 Å². The lowest BCUT2D eigenvalue weighted by atomic mass is 10.0. The summed E-state index contributed by atoms with van der Waals surface area (Å²) in [6.07, 6.45) is 53.2. The number of carbonyl (C=O) groups is 4. The fourth-order valence-electron chi connectivity index (χ4n) is 11.0. The molecule has 0 radical (unpaired) electrons. The molecule has 0 heterocycles. The zero-order chi connectivity index (χ0) is 67.0. The van der Waals surface area contributed by atoms with E-state index in [0.29, 0.717) is 25.7 Å². The maximum Gasteiger partial charge on any atom is 0.472 e. The Balaban J connectivity index is 5.12. The molecular weight excluding hydrogens is 1200 g/mol. The lowest BCUT2D eigenvalue weighted by Gasteiger charge is -2.21. The number of hydrogen-bond acceptors (Lipinski definition) is 15. The van der Waals surface area contributed by atoms with Crippen molar-refractivity contribution in [1.29, 1.82) is 0 Å². The number of hydrogen-bond donors (Lipinski definition) is 3. The Morgan fingerprint density at radius 2 is 0.505 bits per heavy atom. The van der Waals surface area contributed by atoms with Gasteiger partial charge in [0.1, 0.15) is 19.3 Å². The molecule has 0 aromatic carbocycles. The lowest BCUT2D eigenvalue weighted by Crippen LogP contribution is -2.30. The maximum absolute atomic E-state index is 13.0. The van der Waals surface area contributed by atoms with E-state index < -0.39 is 97.5 Å². The Labute approximate surface area is 556 Å². The predicted octanol–water partition coefficient (Wildman–Crippen LogP) is 20.9. The first-order valence-electron chi connectivity index (χ1n) is 37.6. The van der Waals surface area contributed by atoms with Crippen LogP contribution in [0.4, 0.5) is 0 Å². The number of esters is 4. The molecule has 0 spiro atoms. The monoisotopic (exact) mass is 1340 g/mol. The summed E-state index contributed by atoms with van der Waals surface area (Å²) >= 11 is 0. The van der Waals surface area contributed by atoms with Crippen LogP contribution < -0.4 is 0 Å². The highest BCUT2D eigenvalue weighted by molar-refractivity contribution is 7.47. The van der Waals surface area contributed by atoms with Crippen LogP contribution in [0.2, 0.25) is 0 Å². The molecule has 0 saturated carbocycles. The van der Waals surface area contributed by atoms with Crippen LogP contribution in [0.3, 0.4) is 0 Å². The van der Waals surface area contributed by atoms with Crippen molar-refractivity contribution in [3.63, 3.8) is 0 Å². The summed E-state index contributed by atoms with van der Waals surface area (Å²) in [4.78, 5) is 72.3. The van der Waals surface area contributed by atoms with Crippen LogP contribution in [0.5, 0.6) is 0 Å². The Morgan fingerprint density at radius 1 is 0.297 bits per heavy atom. The summed E-state index contributed by atoms with van der Waals surface area (Å²) in [6, 6.07) is 0. The van der Waals surface area contributed by atoms with Crippen molar-refractivity contribution < 1.29 is 80.2 Å². The molecule has 0 aromatic rings. The summed E-state index contributed by atoms with van der Waals surface area (Å²) in [5.74, 6) is -1.37. The number of ether oxygens (including phenoxy) is 4. The molecule has 19 heteroatoms. The average molecular weight is 1340 g/mol. The number of phosphoric ester groups is 2. The Morgan fingerprint density at radius 3 is 0.747 bits per heavy atom. The molecule has 5 atom stereocenters. The van der Waals surface area contributed by atoms with E-state index in [4.69, 9.17) is 37.0 Å². The SMILES string of the molecule is CCCCCCCCCCCCCCCCCCCCCCC(=O)O[C@H](COC(=O)CCCCCCCCCCCCC(C)C)COP(=O)(O)OC[C@@H](O)COP(=O)(O)OC[C@@H](COC(=O)CCCCCCC)OC(=O)CCCCCCCCCCCCCCC. The van der Waals surface area contributed by atoms with E-state index in [0.717, 1.165) is 102 Å². The zero-order valence-electron chi connectivity index (χ0n) is 59.0. The molecule has 0 fully saturated rings. The molecule has 17 nitrogen and oxygen atoms in total. The molecule has 3 N–H and O–H groups in total. The topological polar surface area (TPSA) is 237 Å². The highest BCUT2D eigenvalue weighted by atomic mass is 31.2. The maximum atomic E-state index is 13.0. The van der Waals surface area contributed by atoms with Crippen LogP contribution in [0.15, 0.2) is 0 Å². The molecule has 0 saturated heterocycles. The van der Waals surface area contributed by atoms with Crippen LogP contribution >= 0.6 is 15.6 Å². The molecule has 0 aromatic heterocycles. The number of unbranched alkanes of at least 4 members (excludes halogenated alkanes) is 44. The van der Waals surface area contributed by atoms with Gasteiger partial charge < -0.3 is 33.8 Å². The van der Waals surface area contributed by atoms with Gasteiger partial charge in [0.05, 0.1) is 26.4 Å². The smallest absolute Gasteiger partial charge is 0.462 e. The number of rotatable bonds is 72. The molecule has 540 valence electrons. The standard InChI is InChI=1S/C72H140O17P2/c1-6-9-12-15-17-19-21-23-24-25-26-27-28-29-31-33-39-43-48-53-58-72(77)89-68(62-83-70(75)56-51-46-41-37-35-34-36-40-45-49-54-65(4)5)64-87-91(80,81)85-60-66(73)59-84-90(78,79)86-63-67(61-82-69(74)55-50-44-14-11-8-3)88-71(76)57-52-47-42-38-32-30-22-20-18-16-13-10-7-2/h65-68,73H,6-64H2,1-5H3,(H,78,79)(H,80,81)/t66-,67+,68+/m0/s1. The molecule has 0 rings (SSSR count). The third-order valence-corrected chi connectivity index (χ3v) is 18.7. The van der Waals surface area contributed by atoms with Crippen LogP contribution in [-0.4, -0.2) is 96.7 Å². The van der Waals surface area contributed by atoms with Crippen molar-refractivity contribution in [1.82, 2.24) is 0 Å². The van der Waals surface area contributed by atoms with Crippen LogP contribution in [0, 0.1) is 5.92 Å². The summed E-state index contributed by atoms with van der Waals surface area (Å²) in [6.45, 7) is 7.17. The van der Waals surface area contributed by atoms with E-state index in [1.165, 1.54) is 193 Å². The Kier molecular flexibility index (Phi) is 64.0. The van der Waals surface area contributed by atoms with Gasteiger partial charge in [0.15, 0.2) is 12.2 Å². The predicted molar refractivity (Wildman–Crippen MR) is 368 cm³/mol. The minimum atomic E-state index is -4.95. The Bertz CT molecular complexity index is 1750. The van der Waals surface area contributed by atoms with Gasteiger partial charge >= 0.3 is 39.5 Å². The van der Waals surface area contributed by atoms with E-state index in [1.807, 2.05) is 0 Å². The van der Waals surface area contributed by atoms with E-state index >= 15 is 0 Å². The van der Waals surface area contributed by atoms with Gasteiger partial charge in [0, 0.05) is 25.7 Å². The van der Waals surface area contributed by atoms with Crippen molar-refractivity contribution in [3.05, 3.63) is 0 Å². The number of carbonyl (C=O) groups excluding carboxylic acids is 4. The third kappa shape index (κ3) is 66.5. The van der Waals surface area contributed by atoms with E-state index in [-0.39, 0.29) is 25.7 Å². The molecule has 0 amide bonds. The molecule has 0 bridgehead atoms. The second-order valence-corrected chi connectivity index (χ2v) is 29.4. The number of aliphatic hydroxyl groups excluding tert-OH is 1. The first-order chi connectivity index (χ1) is 44.0. The molecule has 0 aliphatic rings. The largest absolute Gasteiger partial charge is 0.472 e. The fraction of sp³-hybridized carbons (Fsp3) is 0.944. The second kappa shape index (κ2) is 65.4. The van der Waals surface area contributed by atoms with Gasteiger partial charge in [-0.3, -0.25) is 37.3 Å². The molecule has 2 unspecified atom stereocenters. The van der Waals surface area contributed by atoms with Gasteiger partial charge in [-0.05, 0) is 31.6 Å². The van der Waals surface area contributed by atoms with Crippen molar-refractivity contribution in [2.45, 2.75) is 393 Å². The van der Waals surface area contributed by atoms with Crippen molar-refractivity contribution >= 4 is 39.5 Å². The van der Waals surface area contributed by atoms with Crippen molar-refractivity contribution in [3.8, 4) is 0 Å². The van der Waals surface area contributed by atoms with E-state index in [1.54, 1.807) is 0 Å². The highest BCUT2D eigenvalue weighted by Crippen LogP contribution is 2.45. The second-order valence-electron chi connectivity index (χ2n) is 26.5. The minimum Gasteiger partial charge on any atom is -0.462 e. The summed E-state index contributed by atoms with van der Waals surface area (Å²) in [5, 5.41) is 10.6. The molecular formula is C72H140O17P2. The summed E-state index contributed by atoms with van der Waals surface area (Å²) in [5.41, 5.74) is 0. The molecule has 0 aliphatic heterocycles. The van der Waals surface area contributed by atoms with Gasteiger partial charge in [-0.1, -0.05) is 324 Å². The van der Waals surface area contributed by atoms with Crippen molar-refractivity contribution in [2.24, 2.45) is 5.92 Å². The van der Waals surface area contributed by atoms with Gasteiger partial charge in [-0.2, -0.15) is 0 Å². The summed E-state index contributed by atoms with van der Waals surface area (Å²) < 4.78 is 68.1. The molecule has 0 aliphatic carbocycles. The van der Waals surface area contributed by atoms with Crippen molar-refractivity contribution in [2.75, 3.05) is 39.6 Å². The van der Waals surface area contributed by atoms with Gasteiger partial charge in [-0.25, -0.2) is 9.13 Å². The van der Waals surface area contributed by atoms with E-state index in [2.05, 4.69) is 34.6 Å². The van der Waals surface area contributed by atoms with Crippen LogP contribution in [0.25, 0.3) is 0 Å². The first-order valence-corrected chi connectivity index (χ1v) is 40.6. The first kappa shape index (κ1) is 89.1. The third-order valence-electron chi connectivity index (χ3n) is 16.8. The Hall–Kier alpha value is -1.94. The summed E-state index contributed by atoms with van der Waals surface area (Å²) in [7, 11) is -9.89. The average Bonchev–Trinajstić information content (AvgIpc) is 3.60. The quantitative estimate of drug-likeness (QED) is 0.0222. The zero-order valence-corrected chi connectivity index (χ0v) is 60.8. The number of aliphatic hydroxyl groups is 1.